The van der Waals surface area contributed by atoms with Gasteiger partial charge in [-0.3, -0.25) is 10.6 Å². The number of anilines is 1. The predicted molar refractivity (Wildman–Crippen MR) is 83.5 cm³/mol. The minimum Gasteiger partial charge on any atom is -0.339 e. The normalized spacial score (nSPS) is 12.1. The Bertz CT molecular complexity index is 437. The van der Waals surface area contributed by atoms with E-state index in [1.807, 2.05) is 37.1 Å². The van der Waals surface area contributed by atoms with Crippen molar-refractivity contribution in [3.05, 3.63) is 29.3 Å². The third-order valence-electron chi connectivity index (χ3n) is 3.34. The fourth-order valence-corrected chi connectivity index (χ4v) is 2.44. The van der Waals surface area contributed by atoms with E-state index in [9.17, 15) is 4.79 Å². The average Bonchev–Trinajstić information content (AvgIpc) is 2.42. The molecule has 0 aliphatic rings. The van der Waals surface area contributed by atoms with Gasteiger partial charge in [-0.15, -0.1) is 0 Å². The number of benzene rings is 1. The quantitative estimate of drug-likeness (QED) is 0.621. The van der Waals surface area contributed by atoms with E-state index in [2.05, 4.69) is 18.6 Å². The third kappa shape index (κ3) is 4.14. The van der Waals surface area contributed by atoms with Crippen molar-refractivity contribution in [2.24, 2.45) is 5.84 Å². The smallest absolute Gasteiger partial charge is 0.254 e. The van der Waals surface area contributed by atoms with Gasteiger partial charge in [0, 0.05) is 24.3 Å². The zero-order valence-corrected chi connectivity index (χ0v) is 12.9. The molecule has 5 heteroatoms. The summed E-state index contributed by atoms with van der Waals surface area (Å²) >= 11 is 1.80. The summed E-state index contributed by atoms with van der Waals surface area (Å²) in [6.07, 6.45) is 3.09. The van der Waals surface area contributed by atoms with Crippen molar-refractivity contribution in [1.29, 1.82) is 0 Å². The third-order valence-corrected chi connectivity index (χ3v) is 3.99. The summed E-state index contributed by atoms with van der Waals surface area (Å²) in [5.74, 6) is 6.49. The topological polar surface area (TPSA) is 58.4 Å². The lowest BCUT2D eigenvalue weighted by atomic mass is 10.1. The van der Waals surface area contributed by atoms with Crippen LogP contribution in [-0.2, 0) is 0 Å². The molecule has 0 heterocycles. The number of nitrogen functional groups attached to an aromatic ring is 1. The van der Waals surface area contributed by atoms with Gasteiger partial charge >= 0.3 is 0 Å². The molecule has 1 rings (SSSR count). The molecule has 0 fully saturated rings. The fourth-order valence-electron chi connectivity index (χ4n) is 1.87. The van der Waals surface area contributed by atoms with Gasteiger partial charge in [-0.2, -0.15) is 11.8 Å². The molecule has 0 spiro atoms. The van der Waals surface area contributed by atoms with E-state index in [1.165, 1.54) is 0 Å². The molecule has 3 N–H and O–H groups in total. The highest BCUT2D eigenvalue weighted by Crippen LogP contribution is 2.17. The van der Waals surface area contributed by atoms with Gasteiger partial charge in [-0.25, -0.2) is 0 Å². The molecule has 1 unspecified atom stereocenters. The molecule has 0 saturated heterocycles. The molecule has 1 aromatic carbocycles. The first-order valence-corrected chi connectivity index (χ1v) is 7.74. The number of aryl methyl sites for hydroxylation is 1. The molecular formula is C14H23N3OS. The van der Waals surface area contributed by atoms with Crippen LogP contribution in [-0.4, -0.2) is 35.9 Å². The molecule has 0 aliphatic heterocycles. The van der Waals surface area contributed by atoms with E-state index in [-0.39, 0.29) is 11.9 Å². The molecule has 1 amide bonds. The van der Waals surface area contributed by atoms with Crippen LogP contribution in [0.5, 0.6) is 0 Å². The lowest BCUT2D eigenvalue weighted by molar-refractivity contribution is 0.0740. The number of hydrazine groups is 1. The maximum Gasteiger partial charge on any atom is 0.254 e. The highest BCUT2D eigenvalue weighted by molar-refractivity contribution is 7.98. The minimum absolute atomic E-state index is 0.0645. The molecule has 0 radical (unpaired) electrons. The Hall–Kier alpha value is -1.20. The van der Waals surface area contributed by atoms with Crippen LogP contribution >= 0.6 is 11.8 Å². The SMILES string of the molecule is CSCCC(C)N(C)C(=O)c1ccc(NN)cc1C. The maximum atomic E-state index is 12.4. The lowest BCUT2D eigenvalue weighted by Gasteiger charge is -2.25. The van der Waals surface area contributed by atoms with Gasteiger partial charge in [0.15, 0.2) is 0 Å². The Morgan fingerprint density at radius 1 is 1.53 bits per heavy atom. The Morgan fingerprint density at radius 2 is 2.21 bits per heavy atom. The first-order chi connectivity index (χ1) is 9.01. The van der Waals surface area contributed by atoms with Crippen LogP contribution in [0.15, 0.2) is 18.2 Å². The molecular weight excluding hydrogens is 258 g/mol. The van der Waals surface area contributed by atoms with Crippen LogP contribution in [0.4, 0.5) is 5.69 Å². The zero-order valence-electron chi connectivity index (χ0n) is 12.1. The molecule has 1 atom stereocenters. The number of nitrogens with zero attached hydrogens (tertiary/aromatic N) is 1. The molecule has 0 aromatic heterocycles. The number of carbonyl (C=O) groups excluding carboxylic acids is 1. The van der Waals surface area contributed by atoms with E-state index < -0.39 is 0 Å². The summed E-state index contributed by atoms with van der Waals surface area (Å²) in [5, 5.41) is 0. The Balaban J connectivity index is 2.82. The molecule has 0 saturated carbocycles. The second-order valence-corrected chi connectivity index (χ2v) is 5.71. The second kappa shape index (κ2) is 7.40. The standard InChI is InChI=1S/C14H23N3OS/c1-10-9-12(16-15)5-6-13(10)14(18)17(3)11(2)7-8-19-4/h5-6,9,11,16H,7-8,15H2,1-4H3. The molecule has 19 heavy (non-hydrogen) atoms. The van der Waals surface area contributed by atoms with Crippen LogP contribution in [0.25, 0.3) is 0 Å². The number of hydrogen-bond donors (Lipinski definition) is 2. The van der Waals surface area contributed by atoms with Gasteiger partial charge in [-0.1, -0.05) is 0 Å². The summed E-state index contributed by atoms with van der Waals surface area (Å²) in [5.41, 5.74) is 5.07. The largest absolute Gasteiger partial charge is 0.339 e. The number of carbonyl (C=O) groups is 1. The molecule has 0 aliphatic carbocycles. The Kier molecular flexibility index (Phi) is 6.18. The minimum atomic E-state index is 0.0645. The monoisotopic (exact) mass is 281 g/mol. The summed E-state index contributed by atoms with van der Waals surface area (Å²) in [6.45, 7) is 4.01. The van der Waals surface area contributed by atoms with Gasteiger partial charge in [0.25, 0.3) is 5.91 Å². The van der Waals surface area contributed by atoms with Gasteiger partial charge in [0.05, 0.1) is 0 Å². The van der Waals surface area contributed by atoms with Crippen LogP contribution in [0.1, 0.15) is 29.3 Å². The van der Waals surface area contributed by atoms with Crippen molar-refractivity contribution in [2.45, 2.75) is 26.3 Å². The highest BCUT2D eigenvalue weighted by Gasteiger charge is 2.18. The van der Waals surface area contributed by atoms with Gasteiger partial charge in [0.1, 0.15) is 0 Å². The highest BCUT2D eigenvalue weighted by atomic mass is 32.2. The van der Waals surface area contributed by atoms with Gasteiger partial charge in [0.2, 0.25) is 0 Å². The van der Waals surface area contributed by atoms with Gasteiger partial charge in [-0.05, 0) is 56.0 Å². The van der Waals surface area contributed by atoms with Crippen molar-refractivity contribution >= 4 is 23.4 Å². The summed E-state index contributed by atoms with van der Waals surface area (Å²) in [7, 11) is 1.86. The lowest BCUT2D eigenvalue weighted by Crippen LogP contribution is -2.35. The van der Waals surface area contributed by atoms with Crippen molar-refractivity contribution in [3.8, 4) is 0 Å². The summed E-state index contributed by atoms with van der Waals surface area (Å²) in [6, 6.07) is 5.77. The number of rotatable bonds is 6. The first kappa shape index (κ1) is 15.9. The number of nitrogens with one attached hydrogen (secondary N) is 1. The number of amides is 1. The predicted octanol–water partition coefficient (Wildman–Crippen LogP) is 2.49. The molecule has 106 valence electrons. The van der Waals surface area contributed by atoms with Crippen molar-refractivity contribution in [2.75, 3.05) is 24.5 Å². The number of nitrogens with two attached hydrogens (primary N) is 1. The van der Waals surface area contributed by atoms with E-state index in [0.29, 0.717) is 0 Å². The molecule has 0 bridgehead atoms. The fraction of sp³-hybridized carbons (Fsp3) is 0.500. The van der Waals surface area contributed by atoms with E-state index >= 15 is 0 Å². The van der Waals surface area contributed by atoms with E-state index in [4.69, 9.17) is 5.84 Å². The molecule has 1 aromatic rings. The van der Waals surface area contributed by atoms with Gasteiger partial charge < -0.3 is 10.3 Å². The van der Waals surface area contributed by atoms with Crippen LogP contribution in [0.2, 0.25) is 0 Å². The Morgan fingerprint density at radius 3 is 2.74 bits per heavy atom. The Labute approximate surface area is 119 Å². The van der Waals surface area contributed by atoms with Crippen molar-refractivity contribution in [1.82, 2.24) is 4.90 Å². The van der Waals surface area contributed by atoms with Crippen molar-refractivity contribution < 1.29 is 4.79 Å². The second-order valence-electron chi connectivity index (χ2n) is 4.72. The van der Waals surface area contributed by atoms with Crippen LogP contribution in [0.3, 0.4) is 0 Å². The molecule has 4 nitrogen and oxygen atoms in total. The number of thioether (sulfide) groups is 1. The van der Waals surface area contributed by atoms with Crippen LogP contribution in [0, 0.1) is 6.92 Å². The number of hydrogen-bond acceptors (Lipinski definition) is 4. The zero-order chi connectivity index (χ0) is 14.4. The van der Waals surface area contributed by atoms with Crippen LogP contribution < -0.4 is 11.3 Å². The summed E-state index contributed by atoms with van der Waals surface area (Å²) < 4.78 is 0. The van der Waals surface area contributed by atoms with Crippen molar-refractivity contribution in [3.63, 3.8) is 0 Å². The van der Waals surface area contributed by atoms with E-state index in [0.717, 1.165) is 29.0 Å². The average molecular weight is 281 g/mol. The van der Waals surface area contributed by atoms with E-state index in [1.54, 1.807) is 11.8 Å². The maximum absolute atomic E-state index is 12.4. The first-order valence-electron chi connectivity index (χ1n) is 6.34. The summed E-state index contributed by atoms with van der Waals surface area (Å²) in [4.78, 5) is 14.3.